The number of nitrogens with one attached hydrogen (secondary N) is 1. The van der Waals surface area contributed by atoms with Crippen molar-refractivity contribution in [1.29, 1.82) is 0 Å². The lowest BCUT2D eigenvalue weighted by Gasteiger charge is -2.14. The van der Waals surface area contributed by atoms with Crippen molar-refractivity contribution >= 4 is 29.1 Å². The molecule has 8 heteroatoms. The minimum atomic E-state index is -0.464. The first kappa shape index (κ1) is 17.4. The van der Waals surface area contributed by atoms with E-state index in [1.54, 1.807) is 36.4 Å². The number of hydrogen-bond acceptors (Lipinski definition) is 5. The first-order chi connectivity index (χ1) is 12.5. The summed E-state index contributed by atoms with van der Waals surface area (Å²) in [5, 5.41) is 13.8. The van der Waals surface area contributed by atoms with E-state index in [2.05, 4.69) is 5.32 Å². The monoisotopic (exact) mass is 355 g/mol. The molecule has 2 aromatic rings. The van der Waals surface area contributed by atoms with Gasteiger partial charge in [0.25, 0.3) is 11.6 Å². The molecule has 1 aliphatic rings. The standard InChI is InChI=1S/C18H17N3O5/c1-2-12-6-7-14(11-16(12)21(24)25)19-17(22)13-4-3-5-15(10-13)20-8-9-26-18(20)23/h3-7,10-11H,2,8-9H2,1H3,(H,19,22). The van der Waals surface area contributed by atoms with Crippen molar-refractivity contribution < 1.29 is 19.2 Å². The van der Waals surface area contributed by atoms with Crippen LogP contribution in [-0.2, 0) is 11.2 Å². The lowest BCUT2D eigenvalue weighted by atomic mass is 10.1. The summed E-state index contributed by atoms with van der Waals surface area (Å²) in [5.74, 6) is -0.419. The fourth-order valence-corrected chi connectivity index (χ4v) is 2.76. The SMILES string of the molecule is CCc1ccc(NC(=O)c2cccc(N3CCOC3=O)c2)cc1[N+](=O)[O-]. The average Bonchev–Trinajstić information content (AvgIpc) is 3.07. The number of ether oxygens (including phenoxy) is 1. The van der Waals surface area contributed by atoms with E-state index in [1.807, 2.05) is 6.92 Å². The minimum Gasteiger partial charge on any atom is -0.447 e. The summed E-state index contributed by atoms with van der Waals surface area (Å²) in [4.78, 5) is 36.3. The Balaban J connectivity index is 1.81. The van der Waals surface area contributed by atoms with Gasteiger partial charge in [-0.15, -0.1) is 0 Å². The highest BCUT2D eigenvalue weighted by Gasteiger charge is 2.24. The van der Waals surface area contributed by atoms with Crippen LogP contribution >= 0.6 is 0 Å². The molecule has 26 heavy (non-hydrogen) atoms. The van der Waals surface area contributed by atoms with E-state index >= 15 is 0 Å². The Hall–Kier alpha value is -3.42. The maximum atomic E-state index is 12.5. The zero-order chi connectivity index (χ0) is 18.7. The molecule has 1 N–H and O–H groups in total. The molecule has 0 spiro atoms. The third-order valence-electron chi connectivity index (χ3n) is 4.10. The number of anilines is 2. The number of cyclic esters (lactones) is 1. The van der Waals surface area contributed by atoms with Crippen molar-refractivity contribution in [3.63, 3.8) is 0 Å². The highest BCUT2D eigenvalue weighted by atomic mass is 16.6. The Kier molecular flexibility index (Phi) is 4.83. The predicted octanol–water partition coefficient (Wildman–Crippen LogP) is 3.37. The lowest BCUT2D eigenvalue weighted by Crippen LogP contribution is -2.23. The molecular weight excluding hydrogens is 338 g/mol. The van der Waals surface area contributed by atoms with Gasteiger partial charge >= 0.3 is 6.09 Å². The summed E-state index contributed by atoms with van der Waals surface area (Å²) < 4.78 is 4.90. The van der Waals surface area contributed by atoms with Crippen molar-refractivity contribution in [3.05, 3.63) is 63.7 Å². The van der Waals surface area contributed by atoms with Gasteiger partial charge in [0, 0.05) is 28.6 Å². The molecular formula is C18H17N3O5. The molecule has 1 heterocycles. The van der Waals surface area contributed by atoms with Gasteiger partial charge in [-0.25, -0.2) is 4.79 Å². The lowest BCUT2D eigenvalue weighted by molar-refractivity contribution is -0.385. The molecule has 2 amide bonds. The van der Waals surface area contributed by atoms with Crippen molar-refractivity contribution in [2.45, 2.75) is 13.3 Å². The molecule has 1 aliphatic heterocycles. The highest BCUT2D eigenvalue weighted by Crippen LogP contribution is 2.25. The molecule has 0 bridgehead atoms. The molecule has 0 unspecified atom stereocenters. The predicted molar refractivity (Wildman–Crippen MR) is 95.6 cm³/mol. The van der Waals surface area contributed by atoms with E-state index in [-0.39, 0.29) is 5.69 Å². The molecule has 134 valence electrons. The third-order valence-corrected chi connectivity index (χ3v) is 4.10. The topological polar surface area (TPSA) is 102 Å². The molecule has 1 fully saturated rings. The molecule has 0 aliphatic carbocycles. The highest BCUT2D eigenvalue weighted by molar-refractivity contribution is 6.05. The number of nitro benzene ring substituents is 1. The zero-order valence-corrected chi connectivity index (χ0v) is 14.1. The van der Waals surface area contributed by atoms with E-state index < -0.39 is 16.9 Å². The van der Waals surface area contributed by atoms with E-state index in [1.165, 1.54) is 11.0 Å². The van der Waals surface area contributed by atoms with Gasteiger partial charge in [-0.2, -0.15) is 0 Å². The number of benzene rings is 2. The summed E-state index contributed by atoms with van der Waals surface area (Å²) in [6.07, 6.45) is 0.0757. The van der Waals surface area contributed by atoms with E-state index in [9.17, 15) is 19.7 Å². The molecule has 1 saturated heterocycles. The van der Waals surface area contributed by atoms with Crippen LogP contribution in [0.4, 0.5) is 21.9 Å². The maximum Gasteiger partial charge on any atom is 0.414 e. The van der Waals surface area contributed by atoms with Gasteiger partial charge in [0.1, 0.15) is 6.61 Å². The van der Waals surface area contributed by atoms with Crippen LogP contribution in [0.2, 0.25) is 0 Å². The van der Waals surface area contributed by atoms with Crippen molar-refractivity contribution in [2.75, 3.05) is 23.4 Å². The summed E-state index contributed by atoms with van der Waals surface area (Å²) in [6.45, 7) is 2.56. The Labute approximate surface area is 149 Å². The van der Waals surface area contributed by atoms with Gasteiger partial charge < -0.3 is 10.1 Å². The number of carbonyl (C=O) groups is 2. The number of rotatable bonds is 5. The normalized spacial score (nSPS) is 13.4. The Morgan fingerprint density at radius 1 is 1.31 bits per heavy atom. The second kappa shape index (κ2) is 7.22. The summed E-state index contributed by atoms with van der Waals surface area (Å²) in [6, 6.07) is 11.2. The van der Waals surface area contributed by atoms with E-state index in [0.29, 0.717) is 42.1 Å². The van der Waals surface area contributed by atoms with E-state index in [0.717, 1.165) is 0 Å². The number of aryl methyl sites for hydroxylation is 1. The molecule has 8 nitrogen and oxygen atoms in total. The molecule has 0 saturated carbocycles. The van der Waals surface area contributed by atoms with Gasteiger partial charge in [-0.05, 0) is 30.7 Å². The van der Waals surface area contributed by atoms with Crippen LogP contribution in [0, 0.1) is 10.1 Å². The van der Waals surface area contributed by atoms with Gasteiger partial charge in [0.15, 0.2) is 0 Å². The second-order valence-electron chi connectivity index (χ2n) is 5.72. The maximum absolute atomic E-state index is 12.5. The molecule has 0 atom stereocenters. The minimum absolute atomic E-state index is 0.0288. The largest absolute Gasteiger partial charge is 0.447 e. The molecule has 3 rings (SSSR count). The van der Waals surface area contributed by atoms with Crippen LogP contribution < -0.4 is 10.2 Å². The Bertz CT molecular complexity index is 881. The Morgan fingerprint density at radius 3 is 2.77 bits per heavy atom. The van der Waals surface area contributed by atoms with Crippen LogP contribution in [0.3, 0.4) is 0 Å². The van der Waals surface area contributed by atoms with Gasteiger partial charge in [0.05, 0.1) is 11.5 Å². The third kappa shape index (κ3) is 3.49. The zero-order valence-electron chi connectivity index (χ0n) is 14.1. The van der Waals surface area contributed by atoms with Gasteiger partial charge in [-0.3, -0.25) is 19.8 Å². The molecule has 0 aromatic heterocycles. The van der Waals surface area contributed by atoms with E-state index in [4.69, 9.17) is 4.74 Å². The van der Waals surface area contributed by atoms with Crippen molar-refractivity contribution in [2.24, 2.45) is 0 Å². The number of amides is 2. The number of hydrogen-bond donors (Lipinski definition) is 1. The number of nitro groups is 1. The fraction of sp³-hybridized carbons (Fsp3) is 0.222. The summed E-state index contributed by atoms with van der Waals surface area (Å²) in [7, 11) is 0. The number of nitrogens with zero attached hydrogens (tertiary/aromatic N) is 2. The quantitative estimate of drug-likeness (QED) is 0.654. The van der Waals surface area contributed by atoms with Crippen LogP contribution in [0.15, 0.2) is 42.5 Å². The first-order valence-electron chi connectivity index (χ1n) is 8.12. The van der Waals surface area contributed by atoms with Crippen molar-refractivity contribution in [3.8, 4) is 0 Å². The first-order valence-corrected chi connectivity index (χ1v) is 8.12. The molecule has 2 aromatic carbocycles. The summed E-state index contributed by atoms with van der Waals surface area (Å²) >= 11 is 0. The van der Waals surface area contributed by atoms with Crippen LogP contribution in [0.25, 0.3) is 0 Å². The van der Waals surface area contributed by atoms with Gasteiger partial charge in [0.2, 0.25) is 0 Å². The fourth-order valence-electron chi connectivity index (χ4n) is 2.76. The van der Waals surface area contributed by atoms with Crippen LogP contribution in [0.1, 0.15) is 22.8 Å². The smallest absolute Gasteiger partial charge is 0.414 e. The second-order valence-corrected chi connectivity index (χ2v) is 5.72. The summed E-state index contributed by atoms with van der Waals surface area (Å²) in [5.41, 5.74) is 1.81. The van der Waals surface area contributed by atoms with Crippen molar-refractivity contribution in [1.82, 2.24) is 0 Å². The van der Waals surface area contributed by atoms with Crippen LogP contribution in [0.5, 0.6) is 0 Å². The molecule has 0 radical (unpaired) electrons. The Morgan fingerprint density at radius 2 is 2.12 bits per heavy atom. The van der Waals surface area contributed by atoms with Gasteiger partial charge in [-0.1, -0.05) is 19.1 Å². The number of carbonyl (C=O) groups excluding carboxylic acids is 2. The average molecular weight is 355 g/mol. The van der Waals surface area contributed by atoms with Crippen LogP contribution in [-0.4, -0.2) is 30.1 Å².